The minimum atomic E-state index is -0.753. The summed E-state index contributed by atoms with van der Waals surface area (Å²) in [4.78, 5) is 16.2. The lowest BCUT2D eigenvalue weighted by Gasteiger charge is -2.27. The molecule has 1 aliphatic carbocycles. The first-order valence-electron chi connectivity index (χ1n) is 12.8. The lowest BCUT2D eigenvalue weighted by atomic mass is 9.97. The average Bonchev–Trinajstić information content (AvgIpc) is 3.51. The molecule has 1 heterocycles. The predicted octanol–water partition coefficient (Wildman–Crippen LogP) is 5.07. The number of aromatic nitrogens is 1. The molecule has 35 heavy (non-hydrogen) atoms. The number of nitrogens with two attached hydrogens (primary N) is 1. The van der Waals surface area contributed by atoms with E-state index in [0.717, 1.165) is 22.2 Å². The fraction of sp³-hybridized carbons (Fsp3) is 0.483. The number of carbonyl (C=O) groups excluding carboxylic acids is 1. The van der Waals surface area contributed by atoms with Crippen molar-refractivity contribution in [3.63, 3.8) is 0 Å². The predicted molar refractivity (Wildman–Crippen MR) is 141 cm³/mol. The molecule has 2 aromatic carbocycles. The molecule has 4 rings (SSSR count). The SMILES string of the molecule is CC(C)(C)NCC(COc1ccccc1C1CCCC1)OC(=O)[C@@H](N)Cc1c[nH]c2ccccc12. The zero-order valence-electron chi connectivity index (χ0n) is 21.2. The van der Waals surface area contributed by atoms with E-state index in [-0.39, 0.29) is 12.1 Å². The van der Waals surface area contributed by atoms with Gasteiger partial charge in [0.15, 0.2) is 0 Å². The molecule has 4 N–H and O–H groups in total. The number of hydrogen-bond donors (Lipinski definition) is 3. The molecule has 1 unspecified atom stereocenters. The molecule has 1 saturated carbocycles. The van der Waals surface area contributed by atoms with Crippen LogP contribution in [0.2, 0.25) is 0 Å². The molecule has 1 aromatic heterocycles. The summed E-state index contributed by atoms with van der Waals surface area (Å²) in [7, 11) is 0. The summed E-state index contributed by atoms with van der Waals surface area (Å²) >= 11 is 0. The number of H-pyrrole nitrogens is 1. The molecular formula is C29H39N3O3. The fourth-order valence-electron chi connectivity index (χ4n) is 4.80. The van der Waals surface area contributed by atoms with Crippen LogP contribution in [0.5, 0.6) is 5.75 Å². The summed E-state index contributed by atoms with van der Waals surface area (Å²) in [6.07, 6.45) is 6.81. The number of carbonyl (C=O) groups is 1. The standard InChI is InChI=1S/C29H39N3O3/c1-29(2,3)32-18-22(19-34-27-15-9-7-13-24(27)20-10-4-5-11-20)35-28(33)25(30)16-21-17-31-26-14-8-6-12-23(21)26/h6-9,12-15,17,20,22,25,31-32H,4-5,10-11,16,18-19,30H2,1-3H3/t22?,25-/m0/s1. The van der Waals surface area contributed by atoms with Gasteiger partial charge in [0.1, 0.15) is 24.5 Å². The summed E-state index contributed by atoms with van der Waals surface area (Å²) in [5.41, 5.74) is 9.48. The first-order valence-corrected chi connectivity index (χ1v) is 12.8. The highest BCUT2D eigenvalue weighted by molar-refractivity contribution is 5.84. The van der Waals surface area contributed by atoms with Crippen LogP contribution in [0.4, 0.5) is 0 Å². The summed E-state index contributed by atoms with van der Waals surface area (Å²) in [6.45, 7) is 7.03. The van der Waals surface area contributed by atoms with Crippen LogP contribution in [0.3, 0.4) is 0 Å². The number of esters is 1. The molecule has 1 aliphatic rings. The maximum Gasteiger partial charge on any atom is 0.323 e. The van der Waals surface area contributed by atoms with Crippen LogP contribution >= 0.6 is 0 Å². The number of para-hydroxylation sites is 2. The third-order valence-corrected chi connectivity index (χ3v) is 6.70. The quantitative estimate of drug-likeness (QED) is 0.355. The summed E-state index contributed by atoms with van der Waals surface area (Å²) in [5.74, 6) is 1.02. The van der Waals surface area contributed by atoms with Gasteiger partial charge < -0.3 is 25.5 Å². The van der Waals surface area contributed by atoms with Gasteiger partial charge in [-0.2, -0.15) is 0 Å². The second-order valence-corrected chi connectivity index (χ2v) is 10.7. The van der Waals surface area contributed by atoms with Crippen LogP contribution in [0.1, 0.15) is 63.5 Å². The second kappa shape index (κ2) is 11.3. The third kappa shape index (κ3) is 6.86. The first-order chi connectivity index (χ1) is 16.8. The van der Waals surface area contributed by atoms with Gasteiger partial charge in [0.25, 0.3) is 0 Å². The Kier molecular flexibility index (Phi) is 8.14. The number of nitrogens with one attached hydrogen (secondary N) is 2. The van der Waals surface area contributed by atoms with Crippen LogP contribution in [0, 0.1) is 0 Å². The lowest BCUT2D eigenvalue weighted by molar-refractivity contribution is -0.152. The molecule has 0 bridgehead atoms. The zero-order chi connectivity index (χ0) is 24.8. The molecule has 3 aromatic rings. The average molecular weight is 478 g/mol. The molecule has 0 saturated heterocycles. The van der Waals surface area contributed by atoms with Crippen LogP contribution < -0.4 is 15.8 Å². The van der Waals surface area contributed by atoms with Gasteiger partial charge in [0.05, 0.1) is 0 Å². The van der Waals surface area contributed by atoms with E-state index >= 15 is 0 Å². The normalized spacial score (nSPS) is 16.3. The molecule has 188 valence electrons. The second-order valence-electron chi connectivity index (χ2n) is 10.7. The number of hydrogen-bond acceptors (Lipinski definition) is 5. The summed E-state index contributed by atoms with van der Waals surface area (Å²) in [6, 6.07) is 15.5. The maximum absolute atomic E-state index is 13.0. The molecular weight excluding hydrogens is 438 g/mol. The molecule has 0 radical (unpaired) electrons. The molecule has 1 fully saturated rings. The van der Waals surface area contributed by atoms with Crippen molar-refractivity contribution < 1.29 is 14.3 Å². The minimum Gasteiger partial charge on any atom is -0.489 e. The molecule has 0 amide bonds. The Balaban J connectivity index is 1.41. The van der Waals surface area contributed by atoms with E-state index < -0.39 is 18.1 Å². The van der Waals surface area contributed by atoms with E-state index in [1.807, 2.05) is 42.6 Å². The Hall–Kier alpha value is -2.83. The largest absolute Gasteiger partial charge is 0.489 e. The smallest absolute Gasteiger partial charge is 0.323 e. The Morgan fingerprint density at radius 2 is 1.83 bits per heavy atom. The van der Waals surface area contributed by atoms with Crippen LogP contribution in [-0.4, -0.2) is 41.8 Å². The highest BCUT2D eigenvalue weighted by atomic mass is 16.6. The molecule has 0 aliphatic heterocycles. The Bertz CT molecular complexity index is 1110. The Labute approximate surface area is 208 Å². The molecule has 2 atom stereocenters. The van der Waals surface area contributed by atoms with Crippen LogP contribution in [0.15, 0.2) is 54.7 Å². The van der Waals surface area contributed by atoms with Gasteiger partial charge in [-0.15, -0.1) is 0 Å². The van der Waals surface area contributed by atoms with Gasteiger partial charge in [0.2, 0.25) is 0 Å². The van der Waals surface area contributed by atoms with E-state index in [2.05, 4.69) is 43.2 Å². The van der Waals surface area contributed by atoms with E-state index in [0.29, 0.717) is 18.9 Å². The molecule has 6 heteroatoms. The van der Waals surface area contributed by atoms with Crippen LogP contribution in [-0.2, 0) is 16.0 Å². The third-order valence-electron chi connectivity index (χ3n) is 6.70. The van der Waals surface area contributed by atoms with Gasteiger partial charge >= 0.3 is 5.97 Å². The lowest BCUT2D eigenvalue weighted by Crippen LogP contribution is -2.46. The van der Waals surface area contributed by atoms with Crippen molar-refractivity contribution in [2.24, 2.45) is 5.73 Å². The zero-order valence-corrected chi connectivity index (χ0v) is 21.2. The number of aromatic amines is 1. The van der Waals surface area contributed by atoms with Crippen LogP contribution in [0.25, 0.3) is 10.9 Å². The van der Waals surface area contributed by atoms with Crippen molar-refractivity contribution >= 4 is 16.9 Å². The van der Waals surface area contributed by atoms with Gasteiger partial charge in [-0.3, -0.25) is 4.79 Å². The highest BCUT2D eigenvalue weighted by Gasteiger charge is 2.25. The fourth-order valence-corrected chi connectivity index (χ4v) is 4.80. The van der Waals surface area contributed by atoms with Crippen molar-refractivity contribution in [3.05, 3.63) is 65.9 Å². The first kappa shape index (κ1) is 25.3. The van der Waals surface area contributed by atoms with E-state index in [1.54, 1.807) is 0 Å². The topological polar surface area (TPSA) is 89.4 Å². The number of ether oxygens (including phenoxy) is 2. The van der Waals surface area contributed by atoms with E-state index in [9.17, 15) is 4.79 Å². The van der Waals surface area contributed by atoms with Crippen molar-refractivity contribution in [2.75, 3.05) is 13.2 Å². The van der Waals surface area contributed by atoms with Gasteiger partial charge in [-0.1, -0.05) is 49.2 Å². The monoisotopic (exact) mass is 477 g/mol. The summed E-state index contributed by atoms with van der Waals surface area (Å²) < 4.78 is 12.2. The van der Waals surface area contributed by atoms with Crippen molar-refractivity contribution in [1.29, 1.82) is 0 Å². The van der Waals surface area contributed by atoms with Gasteiger partial charge in [0, 0.05) is 35.6 Å². The number of fused-ring (bicyclic) bond motifs is 1. The van der Waals surface area contributed by atoms with Gasteiger partial charge in [-0.25, -0.2) is 0 Å². The molecule has 0 spiro atoms. The van der Waals surface area contributed by atoms with E-state index in [1.165, 1.54) is 31.2 Å². The number of benzene rings is 2. The maximum atomic E-state index is 13.0. The van der Waals surface area contributed by atoms with Crippen molar-refractivity contribution in [2.45, 2.75) is 76.5 Å². The van der Waals surface area contributed by atoms with Crippen molar-refractivity contribution in [3.8, 4) is 5.75 Å². The Morgan fingerprint density at radius 1 is 1.11 bits per heavy atom. The summed E-state index contributed by atoms with van der Waals surface area (Å²) in [5, 5.41) is 4.52. The van der Waals surface area contributed by atoms with E-state index in [4.69, 9.17) is 15.2 Å². The Morgan fingerprint density at radius 3 is 2.60 bits per heavy atom. The van der Waals surface area contributed by atoms with Gasteiger partial charge in [-0.05, 0) is 62.8 Å². The minimum absolute atomic E-state index is 0.113. The highest BCUT2D eigenvalue weighted by Crippen LogP contribution is 2.38. The molecule has 6 nitrogen and oxygen atoms in total. The number of rotatable bonds is 10. The van der Waals surface area contributed by atoms with Crippen molar-refractivity contribution in [1.82, 2.24) is 10.3 Å².